The van der Waals surface area contributed by atoms with E-state index in [9.17, 15) is 13.2 Å². The molecule has 6 nitrogen and oxygen atoms in total. The summed E-state index contributed by atoms with van der Waals surface area (Å²) in [6.45, 7) is 2.93. The maximum atomic E-state index is 13.0. The van der Waals surface area contributed by atoms with Crippen LogP contribution in [-0.4, -0.2) is 27.5 Å². The lowest BCUT2D eigenvalue weighted by Gasteiger charge is -2.30. The molecule has 0 unspecified atom stereocenters. The van der Waals surface area contributed by atoms with Gasteiger partial charge in [0.1, 0.15) is 9.96 Å². The first-order valence-electron chi connectivity index (χ1n) is 9.72. The number of anilines is 2. The number of amides is 1. The lowest BCUT2D eigenvalue weighted by Crippen LogP contribution is -2.35. The average molecular weight is 443 g/mol. The summed E-state index contributed by atoms with van der Waals surface area (Å²) in [6, 6.07) is 15.7. The van der Waals surface area contributed by atoms with Crippen molar-refractivity contribution in [3.05, 3.63) is 71.1 Å². The molecule has 1 amide bonds. The zero-order valence-electron chi connectivity index (χ0n) is 16.5. The maximum Gasteiger partial charge on any atom is 0.273 e. The summed E-state index contributed by atoms with van der Waals surface area (Å²) in [6.07, 6.45) is 1.49. The van der Waals surface area contributed by atoms with Crippen molar-refractivity contribution >= 4 is 38.6 Å². The normalized spacial score (nSPS) is 13.6. The molecular formula is C22H22N2O4S2. The Morgan fingerprint density at radius 2 is 1.97 bits per heavy atom. The number of fused-ring (bicyclic) bond motifs is 1. The minimum absolute atomic E-state index is 0.225. The molecule has 0 saturated carbocycles. The minimum Gasteiger partial charge on any atom is -0.494 e. The summed E-state index contributed by atoms with van der Waals surface area (Å²) < 4.78 is 33.2. The number of rotatable bonds is 6. The third kappa shape index (κ3) is 4.06. The zero-order valence-corrected chi connectivity index (χ0v) is 18.1. The van der Waals surface area contributed by atoms with Crippen molar-refractivity contribution in [2.75, 3.05) is 22.8 Å². The Kier molecular flexibility index (Phi) is 5.78. The van der Waals surface area contributed by atoms with Crippen LogP contribution >= 0.6 is 11.3 Å². The molecule has 0 fully saturated rings. The van der Waals surface area contributed by atoms with E-state index in [-0.39, 0.29) is 5.91 Å². The number of nitrogens with one attached hydrogen (secondary N) is 1. The van der Waals surface area contributed by atoms with Crippen LogP contribution in [0.5, 0.6) is 5.75 Å². The van der Waals surface area contributed by atoms with Gasteiger partial charge in [-0.1, -0.05) is 6.07 Å². The van der Waals surface area contributed by atoms with E-state index in [1.165, 1.54) is 15.6 Å². The Morgan fingerprint density at radius 3 is 2.67 bits per heavy atom. The number of benzene rings is 2. The topological polar surface area (TPSA) is 75.7 Å². The van der Waals surface area contributed by atoms with E-state index >= 15 is 0 Å². The van der Waals surface area contributed by atoms with Gasteiger partial charge in [0.25, 0.3) is 15.9 Å². The molecule has 0 radical (unpaired) electrons. The highest BCUT2D eigenvalue weighted by molar-refractivity contribution is 7.94. The lowest BCUT2D eigenvalue weighted by molar-refractivity contribution is 0.102. The maximum absolute atomic E-state index is 13.0. The fourth-order valence-electron chi connectivity index (χ4n) is 3.48. The van der Waals surface area contributed by atoms with Gasteiger partial charge in [0, 0.05) is 17.8 Å². The summed E-state index contributed by atoms with van der Waals surface area (Å²) >= 11 is 1.22. The van der Waals surface area contributed by atoms with Crippen LogP contribution in [0.25, 0.3) is 0 Å². The summed E-state index contributed by atoms with van der Waals surface area (Å²) in [4.78, 5) is 12.6. The van der Waals surface area contributed by atoms with Gasteiger partial charge >= 0.3 is 0 Å². The highest BCUT2D eigenvalue weighted by Gasteiger charge is 2.30. The molecule has 4 rings (SSSR count). The van der Waals surface area contributed by atoms with E-state index in [1.54, 1.807) is 53.9 Å². The predicted molar refractivity (Wildman–Crippen MR) is 119 cm³/mol. The number of carbonyl (C=O) groups excluding carboxylic acids is 1. The first-order valence-corrected chi connectivity index (χ1v) is 12.0. The molecule has 1 aliphatic rings. The number of carbonyl (C=O) groups is 1. The Balaban J connectivity index is 1.54. The number of hydrogen-bond donors (Lipinski definition) is 1. The molecule has 2 heterocycles. The van der Waals surface area contributed by atoms with Crippen LogP contribution in [0.1, 0.15) is 29.3 Å². The molecule has 1 aliphatic heterocycles. The SMILES string of the molecule is CCOc1ccc(C(=O)Nc2ccc3c(c2)CCCN3S(=O)(=O)c2cccs2)cc1. The number of thiophene rings is 1. The lowest BCUT2D eigenvalue weighted by atomic mass is 10.0. The smallest absolute Gasteiger partial charge is 0.273 e. The fourth-order valence-corrected chi connectivity index (χ4v) is 6.13. The third-order valence-corrected chi connectivity index (χ3v) is 8.07. The molecule has 1 aromatic heterocycles. The second-order valence-electron chi connectivity index (χ2n) is 6.87. The molecule has 0 saturated heterocycles. The van der Waals surface area contributed by atoms with Crippen molar-refractivity contribution < 1.29 is 17.9 Å². The van der Waals surface area contributed by atoms with Crippen LogP contribution in [0, 0.1) is 0 Å². The molecule has 30 heavy (non-hydrogen) atoms. The molecule has 156 valence electrons. The van der Waals surface area contributed by atoms with Crippen LogP contribution in [0.15, 0.2) is 64.2 Å². The predicted octanol–water partition coefficient (Wildman–Crippen LogP) is 4.54. The van der Waals surface area contributed by atoms with Crippen LogP contribution in [0.4, 0.5) is 11.4 Å². The number of nitrogens with zero attached hydrogens (tertiary/aromatic N) is 1. The quantitative estimate of drug-likeness (QED) is 0.608. The Hall–Kier alpha value is -2.84. The van der Waals surface area contributed by atoms with E-state index in [2.05, 4.69) is 5.32 Å². The van der Waals surface area contributed by atoms with Crippen LogP contribution in [0.2, 0.25) is 0 Å². The fraction of sp³-hybridized carbons (Fsp3) is 0.227. The molecular weight excluding hydrogens is 420 g/mol. The van der Waals surface area contributed by atoms with E-state index < -0.39 is 10.0 Å². The van der Waals surface area contributed by atoms with Crippen molar-refractivity contribution in [3.63, 3.8) is 0 Å². The highest BCUT2D eigenvalue weighted by atomic mass is 32.2. The minimum atomic E-state index is -3.57. The standard InChI is InChI=1S/C22H22N2O4S2/c1-2-28-19-10-7-16(8-11-19)22(25)23-18-9-12-20-17(15-18)5-3-13-24(20)30(26,27)21-6-4-14-29-21/h4,6-12,14-15H,2-3,5,13H2,1H3,(H,23,25). The van der Waals surface area contributed by atoms with E-state index in [4.69, 9.17) is 4.74 Å². The Bertz CT molecular complexity index is 1140. The van der Waals surface area contributed by atoms with Gasteiger partial charge in [-0.05, 0) is 79.2 Å². The number of ether oxygens (including phenoxy) is 1. The second-order valence-corrected chi connectivity index (χ2v) is 9.90. The second kappa shape index (κ2) is 8.49. The zero-order chi connectivity index (χ0) is 21.1. The third-order valence-electron chi connectivity index (χ3n) is 4.88. The largest absolute Gasteiger partial charge is 0.494 e. The molecule has 0 aliphatic carbocycles. The van der Waals surface area contributed by atoms with Crippen molar-refractivity contribution in [2.45, 2.75) is 24.0 Å². The molecule has 8 heteroatoms. The Labute approximate surface area is 180 Å². The van der Waals surface area contributed by atoms with E-state index in [0.29, 0.717) is 34.3 Å². The van der Waals surface area contributed by atoms with Crippen molar-refractivity contribution in [1.82, 2.24) is 0 Å². The summed E-state index contributed by atoms with van der Waals surface area (Å²) in [5, 5.41) is 4.66. The van der Waals surface area contributed by atoms with Gasteiger partial charge in [0.15, 0.2) is 0 Å². The summed E-state index contributed by atoms with van der Waals surface area (Å²) in [7, 11) is -3.57. The molecule has 0 atom stereocenters. The molecule has 3 aromatic rings. The van der Waals surface area contributed by atoms with Gasteiger partial charge < -0.3 is 10.1 Å². The number of sulfonamides is 1. The van der Waals surface area contributed by atoms with Gasteiger partial charge in [0.05, 0.1) is 12.3 Å². The first kappa shape index (κ1) is 20.4. The summed E-state index contributed by atoms with van der Waals surface area (Å²) in [5.74, 6) is 0.492. The van der Waals surface area contributed by atoms with Crippen LogP contribution in [0.3, 0.4) is 0 Å². The monoisotopic (exact) mass is 442 g/mol. The summed E-state index contributed by atoms with van der Waals surface area (Å²) in [5.41, 5.74) is 2.75. The molecule has 2 aromatic carbocycles. The molecule has 0 bridgehead atoms. The van der Waals surface area contributed by atoms with E-state index in [1.807, 2.05) is 13.0 Å². The van der Waals surface area contributed by atoms with Crippen LogP contribution < -0.4 is 14.4 Å². The van der Waals surface area contributed by atoms with Gasteiger partial charge in [-0.3, -0.25) is 9.10 Å². The van der Waals surface area contributed by atoms with Crippen LogP contribution in [-0.2, 0) is 16.4 Å². The van der Waals surface area contributed by atoms with Crippen molar-refractivity contribution in [1.29, 1.82) is 0 Å². The van der Waals surface area contributed by atoms with Gasteiger partial charge in [-0.2, -0.15) is 0 Å². The highest BCUT2D eigenvalue weighted by Crippen LogP contribution is 2.34. The van der Waals surface area contributed by atoms with Gasteiger partial charge in [-0.25, -0.2) is 8.42 Å². The van der Waals surface area contributed by atoms with E-state index in [0.717, 1.165) is 24.2 Å². The van der Waals surface area contributed by atoms with Crippen molar-refractivity contribution in [2.24, 2.45) is 0 Å². The van der Waals surface area contributed by atoms with Gasteiger partial charge in [0.2, 0.25) is 0 Å². The number of hydrogen-bond acceptors (Lipinski definition) is 5. The molecule has 1 N–H and O–H groups in total. The van der Waals surface area contributed by atoms with Crippen molar-refractivity contribution in [3.8, 4) is 5.75 Å². The average Bonchev–Trinajstić information content (AvgIpc) is 3.30. The molecule has 0 spiro atoms. The van der Waals surface area contributed by atoms with Gasteiger partial charge in [-0.15, -0.1) is 11.3 Å². The number of aryl methyl sites for hydroxylation is 1. The Morgan fingerprint density at radius 1 is 1.17 bits per heavy atom. The first-order chi connectivity index (χ1) is 14.5.